The average molecular weight is 545 g/mol. The van der Waals surface area contributed by atoms with E-state index in [0.717, 1.165) is 45.4 Å². The van der Waals surface area contributed by atoms with Crippen LogP contribution in [0.4, 0.5) is 5.95 Å². The van der Waals surface area contributed by atoms with E-state index >= 15 is 0 Å². The lowest BCUT2D eigenvalue weighted by Gasteiger charge is -2.49. The number of rotatable bonds is 18. The molecule has 0 bridgehead atoms. The fraction of sp³-hybridized carbons (Fsp3) is 0.893. The summed E-state index contributed by atoms with van der Waals surface area (Å²) in [6, 6.07) is 0.275. The number of nitrogens with one attached hydrogen (secondary N) is 1. The molecule has 36 heavy (non-hydrogen) atoms. The second-order valence-electron chi connectivity index (χ2n) is 11.8. The van der Waals surface area contributed by atoms with Crippen LogP contribution in [-0.2, 0) is 4.74 Å². The fourth-order valence-corrected chi connectivity index (χ4v) is 6.04. The summed E-state index contributed by atoms with van der Waals surface area (Å²) in [7, 11) is 0. The Morgan fingerprint density at radius 2 is 1.22 bits per heavy atom. The first-order valence-electron chi connectivity index (χ1n) is 14.3. The van der Waals surface area contributed by atoms with Crippen molar-refractivity contribution in [3.63, 3.8) is 0 Å². The molecule has 1 N–H and O–H groups in total. The SMILES string of the molecule is CCCCCCCCCCCCCOCCCN(c1nc(Cl)nc(Cl)n1)C1CC(C)(C)NC(C)(C)C1. The van der Waals surface area contributed by atoms with E-state index < -0.39 is 0 Å². The molecule has 1 aliphatic rings. The third kappa shape index (κ3) is 12.7. The summed E-state index contributed by atoms with van der Waals surface area (Å²) in [6.45, 7) is 13.7. The molecule has 0 spiro atoms. The van der Waals surface area contributed by atoms with Gasteiger partial charge in [0.25, 0.3) is 0 Å². The number of nitrogens with zero attached hydrogens (tertiary/aromatic N) is 4. The Bertz CT molecular complexity index is 710. The summed E-state index contributed by atoms with van der Waals surface area (Å²) in [5.74, 6) is 0.559. The Labute approximate surface area is 230 Å². The van der Waals surface area contributed by atoms with Crippen molar-refractivity contribution in [2.75, 3.05) is 24.7 Å². The number of hydrogen-bond donors (Lipinski definition) is 1. The second kappa shape index (κ2) is 16.3. The minimum Gasteiger partial charge on any atom is -0.381 e. The van der Waals surface area contributed by atoms with Crippen LogP contribution in [0.3, 0.4) is 0 Å². The quantitative estimate of drug-likeness (QED) is 0.189. The Morgan fingerprint density at radius 1 is 0.750 bits per heavy atom. The maximum absolute atomic E-state index is 6.13. The zero-order valence-electron chi connectivity index (χ0n) is 23.6. The molecular formula is C28H51Cl2N5O. The average Bonchev–Trinajstić information content (AvgIpc) is 2.76. The van der Waals surface area contributed by atoms with Crippen molar-refractivity contribution >= 4 is 29.2 Å². The van der Waals surface area contributed by atoms with Crippen molar-refractivity contribution in [2.45, 2.75) is 142 Å². The van der Waals surface area contributed by atoms with E-state index in [1.165, 1.54) is 64.2 Å². The predicted molar refractivity (Wildman–Crippen MR) is 153 cm³/mol. The summed E-state index contributed by atoms with van der Waals surface area (Å²) in [5.41, 5.74) is 0.0215. The van der Waals surface area contributed by atoms with Crippen LogP contribution in [0.1, 0.15) is 125 Å². The van der Waals surface area contributed by atoms with Gasteiger partial charge < -0.3 is 15.0 Å². The van der Waals surface area contributed by atoms with Gasteiger partial charge in [0.1, 0.15) is 0 Å². The van der Waals surface area contributed by atoms with Gasteiger partial charge in [-0.1, -0.05) is 71.1 Å². The van der Waals surface area contributed by atoms with E-state index in [1.54, 1.807) is 0 Å². The molecule has 0 atom stereocenters. The van der Waals surface area contributed by atoms with Gasteiger partial charge in [0.05, 0.1) is 0 Å². The van der Waals surface area contributed by atoms with Gasteiger partial charge in [-0.2, -0.15) is 15.0 Å². The van der Waals surface area contributed by atoms with E-state index in [2.05, 4.69) is 59.8 Å². The predicted octanol–water partition coefficient (Wildman–Crippen LogP) is 8.01. The van der Waals surface area contributed by atoms with Gasteiger partial charge >= 0.3 is 0 Å². The number of halogens is 2. The molecule has 1 fully saturated rings. The van der Waals surface area contributed by atoms with Gasteiger partial charge in [-0.25, -0.2) is 0 Å². The molecule has 0 radical (unpaired) electrons. The van der Waals surface area contributed by atoms with Gasteiger partial charge in [-0.3, -0.25) is 0 Å². The first-order chi connectivity index (χ1) is 17.1. The highest BCUT2D eigenvalue weighted by Crippen LogP contribution is 2.33. The molecule has 2 rings (SSSR count). The molecule has 0 aromatic carbocycles. The number of ether oxygens (including phenoxy) is 1. The smallest absolute Gasteiger partial charge is 0.231 e. The highest BCUT2D eigenvalue weighted by molar-refractivity contribution is 6.31. The molecule has 0 amide bonds. The van der Waals surface area contributed by atoms with E-state index in [4.69, 9.17) is 27.9 Å². The molecule has 208 valence electrons. The Hall–Kier alpha value is -0.690. The number of piperidine rings is 1. The normalized spacial score (nSPS) is 17.4. The molecule has 6 nitrogen and oxygen atoms in total. The fourth-order valence-electron chi connectivity index (χ4n) is 5.69. The van der Waals surface area contributed by atoms with Crippen LogP contribution >= 0.6 is 23.2 Å². The third-order valence-electron chi connectivity index (χ3n) is 7.02. The molecule has 1 aromatic heterocycles. The molecule has 0 saturated carbocycles. The van der Waals surface area contributed by atoms with Crippen molar-refractivity contribution in [3.8, 4) is 0 Å². The van der Waals surface area contributed by atoms with Crippen molar-refractivity contribution < 1.29 is 4.74 Å². The summed E-state index contributed by atoms with van der Waals surface area (Å²) < 4.78 is 5.97. The Balaban J connectivity index is 1.71. The van der Waals surface area contributed by atoms with Crippen LogP contribution in [-0.4, -0.2) is 51.8 Å². The number of anilines is 1. The lowest BCUT2D eigenvalue weighted by molar-refractivity contribution is 0.125. The Morgan fingerprint density at radius 3 is 1.75 bits per heavy atom. The highest BCUT2D eigenvalue weighted by Gasteiger charge is 2.40. The van der Waals surface area contributed by atoms with Gasteiger partial charge in [0, 0.05) is 36.9 Å². The zero-order valence-corrected chi connectivity index (χ0v) is 25.1. The van der Waals surface area contributed by atoms with Crippen LogP contribution in [0.5, 0.6) is 0 Å². The molecule has 1 saturated heterocycles. The molecule has 0 aliphatic carbocycles. The van der Waals surface area contributed by atoms with Gasteiger partial charge in [0.15, 0.2) is 0 Å². The van der Waals surface area contributed by atoms with Gasteiger partial charge in [-0.05, 0) is 76.6 Å². The summed E-state index contributed by atoms with van der Waals surface area (Å²) in [5, 5.41) is 4.03. The summed E-state index contributed by atoms with van der Waals surface area (Å²) in [6.07, 6.45) is 17.7. The number of unbranched alkanes of at least 4 members (excludes halogenated alkanes) is 10. The summed E-state index contributed by atoms with van der Waals surface area (Å²) in [4.78, 5) is 15.0. The van der Waals surface area contributed by atoms with Crippen molar-refractivity contribution in [3.05, 3.63) is 10.6 Å². The largest absolute Gasteiger partial charge is 0.381 e. The lowest BCUT2D eigenvalue weighted by atomic mass is 9.79. The van der Waals surface area contributed by atoms with E-state index in [9.17, 15) is 0 Å². The zero-order chi connectivity index (χ0) is 26.4. The van der Waals surface area contributed by atoms with Crippen LogP contribution in [0.25, 0.3) is 0 Å². The molecule has 2 heterocycles. The van der Waals surface area contributed by atoms with E-state index in [1.807, 2.05) is 0 Å². The first-order valence-corrected chi connectivity index (χ1v) is 15.1. The topological polar surface area (TPSA) is 63.2 Å². The van der Waals surface area contributed by atoms with Crippen molar-refractivity contribution in [2.24, 2.45) is 0 Å². The first kappa shape index (κ1) is 31.5. The maximum Gasteiger partial charge on any atom is 0.231 e. The van der Waals surface area contributed by atoms with E-state index in [-0.39, 0.29) is 27.7 Å². The van der Waals surface area contributed by atoms with E-state index in [0.29, 0.717) is 5.95 Å². The van der Waals surface area contributed by atoms with Crippen LogP contribution in [0.2, 0.25) is 10.6 Å². The molecule has 0 unspecified atom stereocenters. The van der Waals surface area contributed by atoms with Crippen molar-refractivity contribution in [1.29, 1.82) is 0 Å². The van der Waals surface area contributed by atoms with Crippen LogP contribution in [0.15, 0.2) is 0 Å². The molecule has 1 aliphatic heterocycles. The third-order valence-corrected chi connectivity index (χ3v) is 7.35. The van der Waals surface area contributed by atoms with Crippen molar-refractivity contribution in [1.82, 2.24) is 20.3 Å². The number of hydrogen-bond acceptors (Lipinski definition) is 6. The minimum absolute atomic E-state index is 0.0108. The monoisotopic (exact) mass is 543 g/mol. The standard InChI is InChI=1S/C28H51Cl2N5O/c1-6-7-8-9-10-11-12-13-14-15-16-19-36-20-17-18-35(26-32-24(29)31-25(30)33-26)23-21-27(2,3)34-28(4,5)22-23/h23,34H,6-22H2,1-5H3. The lowest BCUT2D eigenvalue weighted by Crippen LogP contribution is -2.62. The summed E-state index contributed by atoms with van der Waals surface area (Å²) >= 11 is 12.3. The van der Waals surface area contributed by atoms with Crippen LogP contribution < -0.4 is 10.2 Å². The highest BCUT2D eigenvalue weighted by atomic mass is 35.5. The minimum atomic E-state index is 0.0108. The maximum atomic E-state index is 6.13. The second-order valence-corrected chi connectivity index (χ2v) is 12.5. The molecule has 8 heteroatoms. The van der Waals surface area contributed by atoms with Gasteiger partial charge in [-0.15, -0.1) is 0 Å². The van der Waals surface area contributed by atoms with Crippen LogP contribution in [0, 0.1) is 0 Å². The molecular weight excluding hydrogens is 493 g/mol. The Kier molecular flexibility index (Phi) is 14.3. The number of aromatic nitrogens is 3. The molecule has 1 aromatic rings. The van der Waals surface area contributed by atoms with Gasteiger partial charge in [0.2, 0.25) is 16.5 Å².